The van der Waals surface area contributed by atoms with Crippen LogP contribution in [0.4, 0.5) is 0 Å². The lowest BCUT2D eigenvalue weighted by Gasteiger charge is -2.42. The Bertz CT molecular complexity index is 1040. The van der Waals surface area contributed by atoms with Crippen LogP contribution >= 0.6 is 7.82 Å². The molecule has 0 amide bonds. The zero-order chi connectivity index (χ0) is 22.4. The standard InChI is InChI=1S/C26H33O4P/c1-25(2)13-14-26(3,4)24-16-21(11-12-23(24)25)22(20-9-10-20)15-18-5-7-19(8-6-18)17-30-31(27,28)29/h5-8,11-12,15-16,20H,9-10,13-14,17H2,1-4H3,(H2,27,28,29). The number of phosphoric acid groups is 1. The minimum absolute atomic E-state index is 0.0978. The summed E-state index contributed by atoms with van der Waals surface area (Å²) in [6, 6.07) is 14.8. The van der Waals surface area contributed by atoms with Gasteiger partial charge in [-0.1, -0.05) is 76.2 Å². The average Bonchev–Trinajstić information content (AvgIpc) is 3.53. The quantitative estimate of drug-likeness (QED) is 0.392. The van der Waals surface area contributed by atoms with E-state index < -0.39 is 7.82 Å². The monoisotopic (exact) mass is 440 g/mol. The molecule has 0 radical (unpaired) electrons. The summed E-state index contributed by atoms with van der Waals surface area (Å²) >= 11 is 0. The Balaban J connectivity index is 1.64. The van der Waals surface area contributed by atoms with Crippen LogP contribution in [0.15, 0.2) is 42.5 Å². The number of hydrogen-bond donors (Lipinski definition) is 2. The molecular weight excluding hydrogens is 407 g/mol. The van der Waals surface area contributed by atoms with E-state index in [4.69, 9.17) is 9.79 Å². The third kappa shape index (κ3) is 5.21. The number of rotatable bonds is 6. The predicted molar refractivity (Wildman–Crippen MR) is 126 cm³/mol. The second-order valence-electron chi connectivity index (χ2n) is 10.4. The number of phosphoric ester groups is 1. The van der Waals surface area contributed by atoms with Crippen molar-refractivity contribution >= 4 is 19.5 Å². The van der Waals surface area contributed by atoms with Gasteiger partial charge in [-0.3, -0.25) is 4.52 Å². The minimum Gasteiger partial charge on any atom is -0.303 e. The summed E-state index contributed by atoms with van der Waals surface area (Å²) in [4.78, 5) is 17.8. The Morgan fingerprint density at radius 3 is 2.19 bits per heavy atom. The van der Waals surface area contributed by atoms with Gasteiger partial charge in [0, 0.05) is 0 Å². The van der Waals surface area contributed by atoms with Crippen LogP contribution < -0.4 is 0 Å². The fourth-order valence-electron chi connectivity index (χ4n) is 4.65. The first-order valence-corrected chi connectivity index (χ1v) is 12.6. The van der Waals surface area contributed by atoms with Crippen LogP contribution in [0.2, 0.25) is 0 Å². The average molecular weight is 441 g/mol. The van der Waals surface area contributed by atoms with Crippen molar-refractivity contribution in [1.29, 1.82) is 0 Å². The topological polar surface area (TPSA) is 66.8 Å². The second kappa shape index (κ2) is 8.01. The van der Waals surface area contributed by atoms with Gasteiger partial charge in [-0.25, -0.2) is 4.57 Å². The third-order valence-electron chi connectivity index (χ3n) is 6.90. The summed E-state index contributed by atoms with van der Waals surface area (Å²) < 4.78 is 15.5. The van der Waals surface area contributed by atoms with Crippen molar-refractivity contribution in [3.05, 3.63) is 70.3 Å². The van der Waals surface area contributed by atoms with E-state index in [0.29, 0.717) is 5.92 Å². The molecule has 0 unspecified atom stereocenters. The molecule has 31 heavy (non-hydrogen) atoms. The maximum atomic E-state index is 10.9. The maximum Gasteiger partial charge on any atom is 0.469 e. The molecule has 4 nitrogen and oxygen atoms in total. The first-order chi connectivity index (χ1) is 14.4. The Morgan fingerprint density at radius 2 is 1.61 bits per heavy atom. The van der Waals surface area contributed by atoms with Crippen LogP contribution in [0.1, 0.15) is 81.2 Å². The number of fused-ring (bicyclic) bond motifs is 1. The van der Waals surface area contributed by atoms with Gasteiger partial charge in [-0.05, 0) is 75.8 Å². The van der Waals surface area contributed by atoms with Crippen LogP contribution in [0, 0.1) is 5.92 Å². The molecular formula is C26H33O4P. The molecule has 4 rings (SSSR count). The van der Waals surface area contributed by atoms with Crippen molar-refractivity contribution < 1.29 is 18.9 Å². The Kier molecular flexibility index (Phi) is 5.81. The Morgan fingerprint density at radius 1 is 1.00 bits per heavy atom. The fourth-order valence-corrected chi connectivity index (χ4v) is 4.96. The molecule has 2 aromatic rings. The minimum atomic E-state index is -4.45. The predicted octanol–water partition coefficient (Wildman–Crippen LogP) is 6.60. The van der Waals surface area contributed by atoms with Gasteiger partial charge in [-0.15, -0.1) is 0 Å². The molecule has 1 saturated carbocycles. The van der Waals surface area contributed by atoms with E-state index in [1.165, 1.54) is 47.9 Å². The highest BCUT2D eigenvalue weighted by Crippen LogP contribution is 2.49. The van der Waals surface area contributed by atoms with Crippen LogP contribution in [0.25, 0.3) is 11.6 Å². The molecule has 2 N–H and O–H groups in total. The van der Waals surface area contributed by atoms with E-state index in [9.17, 15) is 4.57 Å². The van der Waals surface area contributed by atoms with Gasteiger partial charge in [0.15, 0.2) is 0 Å². The van der Waals surface area contributed by atoms with Gasteiger partial charge in [0.1, 0.15) is 0 Å². The van der Waals surface area contributed by atoms with E-state index in [1.807, 2.05) is 24.3 Å². The zero-order valence-electron chi connectivity index (χ0n) is 18.9. The largest absolute Gasteiger partial charge is 0.469 e. The fraction of sp³-hybridized carbons (Fsp3) is 0.462. The first-order valence-electron chi connectivity index (χ1n) is 11.1. The smallest absolute Gasteiger partial charge is 0.303 e. The van der Waals surface area contributed by atoms with Crippen molar-refractivity contribution in [2.75, 3.05) is 0 Å². The first kappa shape index (κ1) is 22.5. The lowest BCUT2D eigenvalue weighted by Crippen LogP contribution is -2.33. The SMILES string of the molecule is CC1(C)CCC(C)(C)c2cc(C(=Cc3ccc(COP(=O)(O)O)cc3)C3CC3)ccc21. The second-order valence-corrected chi connectivity index (χ2v) is 11.6. The summed E-state index contributed by atoms with van der Waals surface area (Å²) in [6.45, 7) is 9.35. The Labute approximate surface area is 185 Å². The molecule has 0 bridgehead atoms. The van der Waals surface area contributed by atoms with Gasteiger partial charge in [-0.2, -0.15) is 0 Å². The van der Waals surface area contributed by atoms with Crippen molar-refractivity contribution in [2.45, 2.75) is 70.8 Å². The van der Waals surface area contributed by atoms with Gasteiger partial charge < -0.3 is 9.79 Å². The molecule has 2 aliphatic rings. The van der Waals surface area contributed by atoms with E-state index in [-0.39, 0.29) is 17.4 Å². The highest BCUT2D eigenvalue weighted by Gasteiger charge is 2.37. The summed E-state index contributed by atoms with van der Waals surface area (Å²) in [5.41, 5.74) is 7.93. The zero-order valence-corrected chi connectivity index (χ0v) is 19.8. The molecule has 0 atom stereocenters. The van der Waals surface area contributed by atoms with Gasteiger partial charge in [0.05, 0.1) is 6.61 Å². The molecule has 1 fully saturated rings. The van der Waals surface area contributed by atoms with Crippen LogP contribution in [-0.2, 0) is 26.5 Å². The molecule has 2 aliphatic carbocycles. The summed E-state index contributed by atoms with van der Waals surface area (Å²) in [6.07, 6.45) is 7.15. The van der Waals surface area contributed by atoms with Crippen LogP contribution in [0.3, 0.4) is 0 Å². The molecule has 166 valence electrons. The lowest BCUT2D eigenvalue weighted by molar-refractivity contribution is 0.189. The molecule has 0 saturated heterocycles. The van der Waals surface area contributed by atoms with E-state index in [2.05, 4.69) is 56.5 Å². The molecule has 5 heteroatoms. The molecule has 0 aromatic heterocycles. The highest BCUT2D eigenvalue weighted by molar-refractivity contribution is 7.46. The third-order valence-corrected chi connectivity index (χ3v) is 7.37. The summed E-state index contributed by atoms with van der Waals surface area (Å²) in [5, 5.41) is 0. The molecule has 0 spiro atoms. The number of allylic oxidation sites excluding steroid dienone is 1. The van der Waals surface area contributed by atoms with Crippen LogP contribution in [-0.4, -0.2) is 9.79 Å². The molecule has 0 heterocycles. The van der Waals surface area contributed by atoms with Gasteiger partial charge in [0.25, 0.3) is 0 Å². The summed E-state index contributed by atoms with van der Waals surface area (Å²) in [5.74, 6) is 0.607. The van der Waals surface area contributed by atoms with Crippen molar-refractivity contribution in [3.63, 3.8) is 0 Å². The Hall–Kier alpha value is -1.71. The highest BCUT2D eigenvalue weighted by atomic mass is 31.2. The van der Waals surface area contributed by atoms with Crippen molar-refractivity contribution in [3.8, 4) is 0 Å². The molecule has 0 aliphatic heterocycles. The lowest BCUT2D eigenvalue weighted by atomic mass is 9.63. The van der Waals surface area contributed by atoms with E-state index >= 15 is 0 Å². The van der Waals surface area contributed by atoms with Gasteiger partial charge in [0.2, 0.25) is 0 Å². The van der Waals surface area contributed by atoms with Crippen LogP contribution in [0.5, 0.6) is 0 Å². The van der Waals surface area contributed by atoms with E-state index in [1.54, 1.807) is 0 Å². The summed E-state index contributed by atoms with van der Waals surface area (Å²) in [7, 11) is -4.45. The maximum absolute atomic E-state index is 10.9. The number of benzene rings is 2. The van der Waals surface area contributed by atoms with Crippen molar-refractivity contribution in [2.24, 2.45) is 5.92 Å². The van der Waals surface area contributed by atoms with E-state index in [0.717, 1.165) is 11.1 Å². The van der Waals surface area contributed by atoms with Gasteiger partial charge >= 0.3 is 7.82 Å². The molecule has 2 aromatic carbocycles. The number of hydrogen-bond acceptors (Lipinski definition) is 2. The normalized spacial score (nSPS) is 20.4. The van der Waals surface area contributed by atoms with Crippen molar-refractivity contribution in [1.82, 2.24) is 0 Å².